The van der Waals surface area contributed by atoms with E-state index in [1.807, 2.05) is 0 Å². The topological polar surface area (TPSA) is 30.5 Å². The maximum Gasteiger partial charge on any atom is 0.0508 e. The predicted octanol–water partition coefficient (Wildman–Crippen LogP) is 5.48. The van der Waals surface area contributed by atoms with Crippen molar-refractivity contribution in [2.75, 3.05) is 20.3 Å². The summed E-state index contributed by atoms with van der Waals surface area (Å²) in [5.74, 6) is 0. The first kappa shape index (κ1) is 28.8. The summed E-state index contributed by atoms with van der Waals surface area (Å²) in [6.45, 7) is 23.5. The molecule has 4 nitrogen and oxygen atoms in total. The van der Waals surface area contributed by atoms with Gasteiger partial charge in [0, 0.05) is 34.2 Å². The summed E-state index contributed by atoms with van der Waals surface area (Å²) in [5.41, 5.74) is 0.815. The van der Waals surface area contributed by atoms with Crippen molar-refractivity contribution in [3.05, 3.63) is 0 Å². The molecule has 2 saturated heterocycles. The number of hydrogen-bond donors (Lipinski definition) is 2. The first-order chi connectivity index (χ1) is 12.1. The van der Waals surface area contributed by atoms with Crippen molar-refractivity contribution in [3.63, 3.8) is 0 Å². The van der Waals surface area contributed by atoms with Crippen LogP contribution in [0.4, 0.5) is 0 Å². The van der Waals surface area contributed by atoms with Gasteiger partial charge in [0.2, 0.25) is 0 Å². The first-order valence-electron chi connectivity index (χ1n) is 11.2. The molecule has 2 N–H and O–H groups in total. The lowest BCUT2D eigenvalue weighted by Gasteiger charge is -2.52. The van der Waals surface area contributed by atoms with Gasteiger partial charge in [-0.1, -0.05) is 21.8 Å². The van der Waals surface area contributed by atoms with Gasteiger partial charge in [0.1, 0.15) is 0 Å². The van der Waals surface area contributed by atoms with Gasteiger partial charge in [-0.15, -0.1) is 0 Å². The maximum atomic E-state index is 3.85. The first-order valence-corrected chi connectivity index (χ1v) is 11.2. The standard InChI is InChI=1S/C23H48N4.2CH4/c1-11-12-27(19-15-22(6,7)25-23(8,9)16-19)17-26(10)18-13-20(2,3)24-21(4,5)14-18;;/h18-19,24-25H,11-17H2,1-10H3;2*1H4. The van der Waals surface area contributed by atoms with Crippen LogP contribution in [0.15, 0.2) is 0 Å². The molecule has 0 saturated carbocycles. The summed E-state index contributed by atoms with van der Waals surface area (Å²) in [4.78, 5) is 5.41. The summed E-state index contributed by atoms with van der Waals surface area (Å²) in [5, 5.41) is 7.68. The third-order valence-corrected chi connectivity index (χ3v) is 6.39. The van der Waals surface area contributed by atoms with Crippen molar-refractivity contribution in [1.29, 1.82) is 0 Å². The SMILES string of the molecule is C.C.CCCN(CN(C)C1CC(C)(C)NC(C)(C)C1)C1CC(C)(C)NC(C)(C)C1. The Kier molecular flexibility index (Phi) is 9.92. The van der Waals surface area contributed by atoms with Gasteiger partial charge in [-0.05, 0) is 101 Å². The summed E-state index contributed by atoms with van der Waals surface area (Å²) in [6.07, 6.45) is 6.12. The predicted molar refractivity (Wildman–Crippen MR) is 132 cm³/mol. The van der Waals surface area contributed by atoms with Gasteiger partial charge >= 0.3 is 0 Å². The molecule has 2 heterocycles. The molecule has 0 spiro atoms. The van der Waals surface area contributed by atoms with Crippen molar-refractivity contribution in [3.8, 4) is 0 Å². The Morgan fingerprint density at radius 1 is 0.690 bits per heavy atom. The Hall–Kier alpha value is -0.160. The minimum atomic E-state index is 0. The molecule has 2 fully saturated rings. The monoisotopic (exact) mass is 412 g/mol. The summed E-state index contributed by atoms with van der Waals surface area (Å²) < 4.78 is 0. The van der Waals surface area contributed by atoms with Crippen molar-refractivity contribution in [2.45, 2.75) is 144 Å². The van der Waals surface area contributed by atoms with E-state index in [9.17, 15) is 0 Å². The third kappa shape index (κ3) is 8.47. The van der Waals surface area contributed by atoms with E-state index in [0.717, 1.165) is 6.67 Å². The van der Waals surface area contributed by atoms with Gasteiger partial charge in [0.05, 0.1) is 6.67 Å². The van der Waals surface area contributed by atoms with Crippen molar-refractivity contribution < 1.29 is 0 Å². The van der Waals surface area contributed by atoms with E-state index in [-0.39, 0.29) is 37.0 Å². The second-order valence-corrected chi connectivity index (χ2v) is 12.1. The molecule has 0 aromatic heterocycles. The average Bonchev–Trinajstić information content (AvgIpc) is 2.39. The summed E-state index contributed by atoms with van der Waals surface area (Å²) in [7, 11) is 2.35. The van der Waals surface area contributed by atoms with Crippen molar-refractivity contribution >= 4 is 0 Å². The zero-order chi connectivity index (χ0) is 20.7. The lowest BCUT2D eigenvalue weighted by molar-refractivity contribution is 0.00186. The fraction of sp³-hybridized carbons (Fsp3) is 1.00. The molecule has 2 aliphatic heterocycles. The second kappa shape index (κ2) is 9.97. The van der Waals surface area contributed by atoms with Crippen molar-refractivity contribution in [1.82, 2.24) is 20.4 Å². The van der Waals surface area contributed by atoms with E-state index in [2.05, 4.69) is 89.8 Å². The summed E-state index contributed by atoms with van der Waals surface area (Å²) >= 11 is 0. The molecule has 0 atom stereocenters. The number of piperidine rings is 2. The van der Waals surface area contributed by atoms with Crippen LogP contribution in [0.1, 0.15) is 109 Å². The highest BCUT2D eigenvalue weighted by Gasteiger charge is 2.42. The Bertz CT molecular complexity index is 463. The molecule has 4 heteroatoms. The zero-order valence-corrected chi connectivity index (χ0v) is 20.0. The third-order valence-electron chi connectivity index (χ3n) is 6.39. The Morgan fingerprint density at radius 3 is 1.38 bits per heavy atom. The van der Waals surface area contributed by atoms with Gasteiger partial charge in [0.25, 0.3) is 0 Å². The van der Waals surface area contributed by atoms with Gasteiger partial charge < -0.3 is 10.6 Å². The lowest BCUT2D eigenvalue weighted by atomic mass is 9.78. The van der Waals surface area contributed by atoms with Gasteiger partial charge in [-0.3, -0.25) is 9.80 Å². The van der Waals surface area contributed by atoms with Crippen LogP contribution < -0.4 is 10.6 Å². The van der Waals surface area contributed by atoms with Crippen LogP contribution in [-0.4, -0.2) is 64.3 Å². The molecule has 176 valence electrons. The van der Waals surface area contributed by atoms with Gasteiger partial charge in [-0.2, -0.15) is 0 Å². The van der Waals surface area contributed by atoms with E-state index in [1.165, 1.54) is 38.6 Å². The molecule has 0 bridgehead atoms. The van der Waals surface area contributed by atoms with Gasteiger partial charge in [-0.25, -0.2) is 0 Å². The molecule has 29 heavy (non-hydrogen) atoms. The number of nitrogens with zero attached hydrogens (tertiary/aromatic N) is 2. The molecule has 0 unspecified atom stereocenters. The molecule has 0 aliphatic carbocycles. The van der Waals surface area contributed by atoms with Crippen LogP contribution in [-0.2, 0) is 0 Å². The molecule has 0 aromatic carbocycles. The van der Waals surface area contributed by atoms with E-state index in [0.29, 0.717) is 12.1 Å². The molecule has 2 rings (SSSR count). The molecule has 0 aromatic rings. The quantitative estimate of drug-likeness (QED) is 0.566. The molecular formula is C25H56N4. The van der Waals surface area contributed by atoms with Crippen LogP contribution in [0.3, 0.4) is 0 Å². The van der Waals surface area contributed by atoms with Crippen molar-refractivity contribution in [2.24, 2.45) is 0 Å². The van der Waals surface area contributed by atoms with Crippen LogP contribution in [0, 0.1) is 0 Å². The Labute approximate surface area is 184 Å². The minimum Gasteiger partial charge on any atom is -0.307 e. The van der Waals surface area contributed by atoms with E-state index >= 15 is 0 Å². The fourth-order valence-electron chi connectivity index (χ4n) is 6.16. The second-order valence-electron chi connectivity index (χ2n) is 12.1. The van der Waals surface area contributed by atoms with Crippen LogP contribution in [0.5, 0.6) is 0 Å². The molecule has 0 radical (unpaired) electrons. The number of hydrogen-bond acceptors (Lipinski definition) is 4. The Balaban J connectivity index is 0.00000392. The normalized spacial score (nSPS) is 26.1. The highest BCUT2D eigenvalue weighted by atomic mass is 15.3. The average molecular weight is 413 g/mol. The largest absolute Gasteiger partial charge is 0.307 e. The molecule has 2 aliphatic rings. The highest BCUT2D eigenvalue weighted by molar-refractivity contribution is 5.02. The number of nitrogens with one attached hydrogen (secondary N) is 2. The van der Waals surface area contributed by atoms with E-state index in [1.54, 1.807) is 0 Å². The Morgan fingerprint density at radius 2 is 1.03 bits per heavy atom. The fourth-order valence-corrected chi connectivity index (χ4v) is 6.16. The van der Waals surface area contributed by atoms with E-state index in [4.69, 9.17) is 0 Å². The minimum absolute atomic E-state index is 0. The van der Waals surface area contributed by atoms with Gasteiger partial charge in [0.15, 0.2) is 0 Å². The number of rotatable bonds is 6. The lowest BCUT2D eigenvalue weighted by Crippen LogP contribution is -2.64. The highest BCUT2D eigenvalue weighted by Crippen LogP contribution is 2.34. The van der Waals surface area contributed by atoms with E-state index < -0.39 is 0 Å². The van der Waals surface area contributed by atoms with Crippen LogP contribution >= 0.6 is 0 Å². The van der Waals surface area contributed by atoms with Crippen LogP contribution in [0.2, 0.25) is 0 Å². The smallest absolute Gasteiger partial charge is 0.0508 e. The maximum absolute atomic E-state index is 3.85. The van der Waals surface area contributed by atoms with Crippen LogP contribution in [0.25, 0.3) is 0 Å². The summed E-state index contributed by atoms with van der Waals surface area (Å²) in [6, 6.07) is 1.29. The molecular weight excluding hydrogens is 356 g/mol. The zero-order valence-electron chi connectivity index (χ0n) is 20.0. The molecule has 0 amide bonds.